The molecule has 1 heterocycles. The van der Waals surface area contributed by atoms with Gasteiger partial charge in [-0.25, -0.2) is 4.39 Å². The van der Waals surface area contributed by atoms with E-state index >= 15 is 0 Å². The van der Waals surface area contributed by atoms with Crippen LogP contribution in [-0.2, 0) is 22.4 Å². The molecule has 6 heteroatoms. The SMILES string of the molecule is COC(=O)C[C@@H]1COc2cc(O[C@@H]3CCc4c3ccc(C#N)c4Cc3ccc(F)cc3)ccc21. The number of carbonyl (C=O) groups excluding carboxylic acids is 1. The van der Waals surface area contributed by atoms with Crippen LogP contribution in [0.15, 0.2) is 54.6 Å². The minimum Gasteiger partial charge on any atom is -0.492 e. The molecule has 0 N–H and O–H groups in total. The van der Waals surface area contributed by atoms with Gasteiger partial charge in [0.1, 0.15) is 23.4 Å². The van der Waals surface area contributed by atoms with E-state index in [2.05, 4.69) is 6.07 Å². The second-order valence-corrected chi connectivity index (χ2v) is 8.71. The van der Waals surface area contributed by atoms with Crippen molar-refractivity contribution in [3.63, 3.8) is 0 Å². The van der Waals surface area contributed by atoms with E-state index in [1.54, 1.807) is 12.1 Å². The first kappa shape index (κ1) is 22.0. The Labute approximate surface area is 197 Å². The van der Waals surface area contributed by atoms with Gasteiger partial charge in [0.25, 0.3) is 0 Å². The van der Waals surface area contributed by atoms with E-state index in [9.17, 15) is 14.4 Å². The molecule has 3 aromatic rings. The van der Waals surface area contributed by atoms with Gasteiger partial charge in [0, 0.05) is 17.5 Å². The van der Waals surface area contributed by atoms with Crippen LogP contribution in [0.5, 0.6) is 11.5 Å². The Hall–Kier alpha value is -3.85. The summed E-state index contributed by atoms with van der Waals surface area (Å²) in [7, 11) is 1.39. The van der Waals surface area contributed by atoms with Gasteiger partial charge < -0.3 is 14.2 Å². The molecule has 1 aliphatic heterocycles. The fraction of sp³-hybridized carbons (Fsp3) is 0.286. The van der Waals surface area contributed by atoms with Gasteiger partial charge in [-0.15, -0.1) is 0 Å². The highest BCUT2D eigenvalue weighted by molar-refractivity contribution is 5.71. The van der Waals surface area contributed by atoms with Gasteiger partial charge in [0.05, 0.1) is 31.8 Å². The number of halogens is 1. The summed E-state index contributed by atoms with van der Waals surface area (Å²) in [5.74, 6) is 0.909. The third-order valence-corrected chi connectivity index (χ3v) is 6.67. The van der Waals surface area contributed by atoms with Crippen LogP contribution in [0.4, 0.5) is 4.39 Å². The van der Waals surface area contributed by atoms with Crippen LogP contribution in [0, 0.1) is 17.1 Å². The van der Waals surface area contributed by atoms with Gasteiger partial charge >= 0.3 is 5.97 Å². The van der Waals surface area contributed by atoms with E-state index < -0.39 is 0 Å². The number of carbonyl (C=O) groups is 1. The molecule has 0 amide bonds. The molecule has 0 fully saturated rings. The van der Waals surface area contributed by atoms with Crippen LogP contribution in [0.1, 0.15) is 58.2 Å². The molecule has 0 saturated heterocycles. The summed E-state index contributed by atoms with van der Waals surface area (Å²) in [6.07, 6.45) is 2.36. The normalized spacial score (nSPS) is 17.9. The second kappa shape index (κ2) is 9.18. The van der Waals surface area contributed by atoms with E-state index in [4.69, 9.17) is 14.2 Å². The minimum absolute atomic E-state index is 0.0119. The van der Waals surface area contributed by atoms with E-state index in [-0.39, 0.29) is 30.2 Å². The Balaban J connectivity index is 1.37. The first-order valence-corrected chi connectivity index (χ1v) is 11.3. The summed E-state index contributed by atoms with van der Waals surface area (Å²) in [5.41, 5.74) is 5.81. The molecular formula is C28H24FNO4. The van der Waals surface area contributed by atoms with Gasteiger partial charge in [-0.1, -0.05) is 24.3 Å². The first-order chi connectivity index (χ1) is 16.6. The summed E-state index contributed by atoms with van der Waals surface area (Å²) in [6, 6.07) is 18.3. The zero-order valence-corrected chi connectivity index (χ0v) is 18.8. The van der Waals surface area contributed by atoms with E-state index in [1.807, 2.05) is 30.3 Å². The second-order valence-electron chi connectivity index (χ2n) is 8.71. The van der Waals surface area contributed by atoms with Crippen molar-refractivity contribution >= 4 is 5.97 Å². The topological polar surface area (TPSA) is 68.6 Å². The zero-order chi connectivity index (χ0) is 23.7. The molecule has 0 unspecified atom stereocenters. The predicted molar refractivity (Wildman–Crippen MR) is 123 cm³/mol. The smallest absolute Gasteiger partial charge is 0.306 e. The lowest BCUT2D eigenvalue weighted by Crippen LogP contribution is -2.09. The average Bonchev–Trinajstić information content (AvgIpc) is 3.44. The number of nitriles is 1. The van der Waals surface area contributed by atoms with Gasteiger partial charge in [-0.05, 0) is 65.8 Å². The highest BCUT2D eigenvalue weighted by Crippen LogP contribution is 2.42. The average molecular weight is 458 g/mol. The van der Waals surface area contributed by atoms with Crippen LogP contribution < -0.4 is 9.47 Å². The molecule has 0 spiro atoms. The van der Waals surface area contributed by atoms with Crippen LogP contribution in [0.2, 0.25) is 0 Å². The number of hydrogen-bond acceptors (Lipinski definition) is 5. The molecule has 172 valence electrons. The number of rotatable bonds is 6. The quantitative estimate of drug-likeness (QED) is 0.464. The van der Waals surface area contributed by atoms with Crippen LogP contribution in [0.3, 0.4) is 0 Å². The fourth-order valence-corrected chi connectivity index (χ4v) is 4.92. The molecule has 0 saturated carbocycles. The molecule has 2 atom stereocenters. The monoisotopic (exact) mass is 457 g/mol. The first-order valence-electron chi connectivity index (χ1n) is 11.3. The van der Waals surface area contributed by atoms with Crippen molar-refractivity contribution in [2.45, 2.75) is 37.7 Å². The van der Waals surface area contributed by atoms with Gasteiger partial charge in [-0.3, -0.25) is 4.79 Å². The maximum absolute atomic E-state index is 13.3. The summed E-state index contributed by atoms with van der Waals surface area (Å²) in [6.45, 7) is 0.448. The third kappa shape index (κ3) is 4.22. The van der Waals surface area contributed by atoms with E-state index in [1.165, 1.54) is 19.2 Å². The standard InChI is InChI=1S/C28H24FNO4/c1-32-28(31)13-19-16-33-27-14-21(7-9-22(19)27)34-26-11-10-23-24(26)8-4-18(15-30)25(23)12-17-2-5-20(29)6-3-17/h2-9,14,19,26H,10-13,16H2,1H3/t19-,26-/m1/s1. The predicted octanol–water partition coefficient (Wildman–Crippen LogP) is 5.39. The summed E-state index contributed by atoms with van der Waals surface area (Å²) in [5, 5.41) is 9.67. The molecule has 5 nitrogen and oxygen atoms in total. The van der Waals surface area contributed by atoms with E-state index in [0.717, 1.165) is 46.4 Å². The summed E-state index contributed by atoms with van der Waals surface area (Å²) in [4.78, 5) is 11.7. The largest absolute Gasteiger partial charge is 0.492 e. The van der Waals surface area contributed by atoms with Crippen molar-refractivity contribution in [3.8, 4) is 17.6 Å². The Morgan fingerprint density at radius 1 is 1.15 bits per heavy atom. The molecule has 1 aliphatic carbocycles. The van der Waals surface area contributed by atoms with Gasteiger partial charge in [-0.2, -0.15) is 5.26 Å². The molecule has 34 heavy (non-hydrogen) atoms. The number of nitrogens with zero attached hydrogens (tertiary/aromatic N) is 1. The lowest BCUT2D eigenvalue weighted by molar-refractivity contribution is -0.141. The van der Waals surface area contributed by atoms with Crippen LogP contribution in [-0.4, -0.2) is 19.7 Å². The minimum atomic E-state index is -0.272. The highest BCUT2D eigenvalue weighted by atomic mass is 19.1. The van der Waals surface area contributed by atoms with Crippen molar-refractivity contribution in [3.05, 3.63) is 93.8 Å². The fourth-order valence-electron chi connectivity index (χ4n) is 4.92. The molecule has 0 bridgehead atoms. The Bertz CT molecular complexity index is 1280. The lowest BCUT2D eigenvalue weighted by Gasteiger charge is -2.17. The molecule has 2 aliphatic rings. The molecule has 0 radical (unpaired) electrons. The summed E-state index contributed by atoms with van der Waals surface area (Å²) >= 11 is 0. The lowest BCUT2D eigenvalue weighted by atomic mass is 9.92. The number of methoxy groups -OCH3 is 1. The molecule has 0 aromatic heterocycles. The number of ether oxygens (including phenoxy) is 3. The maximum atomic E-state index is 13.3. The number of fused-ring (bicyclic) bond motifs is 2. The van der Waals surface area contributed by atoms with Crippen molar-refractivity contribution in [2.24, 2.45) is 0 Å². The Kier molecular flexibility index (Phi) is 5.93. The number of hydrogen-bond donors (Lipinski definition) is 0. The van der Waals surface area contributed by atoms with Crippen molar-refractivity contribution < 1.29 is 23.4 Å². The van der Waals surface area contributed by atoms with E-state index in [0.29, 0.717) is 24.3 Å². The highest BCUT2D eigenvalue weighted by Gasteiger charge is 2.30. The van der Waals surface area contributed by atoms with Crippen molar-refractivity contribution in [1.82, 2.24) is 0 Å². The summed E-state index contributed by atoms with van der Waals surface area (Å²) < 4.78 is 30.3. The molecular weight excluding hydrogens is 433 g/mol. The number of benzene rings is 3. The van der Waals surface area contributed by atoms with Crippen molar-refractivity contribution in [1.29, 1.82) is 5.26 Å². The Morgan fingerprint density at radius 2 is 1.94 bits per heavy atom. The molecule has 5 rings (SSSR count). The maximum Gasteiger partial charge on any atom is 0.306 e. The molecule has 3 aromatic carbocycles. The van der Waals surface area contributed by atoms with Crippen LogP contribution >= 0.6 is 0 Å². The van der Waals surface area contributed by atoms with Crippen LogP contribution in [0.25, 0.3) is 0 Å². The number of esters is 1. The third-order valence-electron chi connectivity index (χ3n) is 6.67. The van der Waals surface area contributed by atoms with Crippen molar-refractivity contribution in [2.75, 3.05) is 13.7 Å². The van der Waals surface area contributed by atoms with Gasteiger partial charge in [0.2, 0.25) is 0 Å². The Morgan fingerprint density at radius 3 is 2.71 bits per heavy atom. The zero-order valence-electron chi connectivity index (χ0n) is 18.8. The van der Waals surface area contributed by atoms with Gasteiger partial charge in [0.15, 0.2) is 0 Å².